The molecule has 0 aliphatic heterocycles. The molecule has 0 radical (unpaired) electrons. The van der Waals surface area contributed by atoms with Gasteiger partial charge in [0, 0.05) is 0 Å². The Morgan fingerprint density at radius 1 is 1.10 bits per heavy atom. The van der Waals surface area contributed by atoms with Crippen molar-refractivity contribution in [2.75, 3.05) is 0 Å². The van der Waals surface area contributed by atoms with E-state index in [9.17, 15) is 0 Å². The Labute approximate surface area is 137 Å². The van der Waals surface area contributed by atoms with E-state index < -0.39 is 24.7 Å². The molecule has 0 aromatic rings. The van der Waals surface area contributed by atoms with Crippen LogP contribution in [0.5, 0.6) is 0 Å². The zero-order valence-electron chi connectivity index (χ0n) is 15.7. The molecule has 0 fully saturated rings. The van der Waals surface area contributed by atoms with Gasteiger partial charge in [-0.05, 0) is 0 Å². The van der Waals surface area contributed by atoms with Gasteiger partial charge in [-0.2, -0.15) is 0 Å². The predicted molar refractivity (Wildman–Crippen MR) is 96.7 cm³/mol. The van der Waals surface area contributed by atoms with Crippen LogP contribution in [-0.2, 0) is 16.6 Å². The van der Waals surface area contributed by atoms with Gasteiger partial charge in [-0.15, -0.1) is 0 Å². The van der Waals surface area contributed by atoms with Crippen LogP contribution in [0.15, 0.2) is 21.1 Å². The Morgan fingerprint density at radius 3 is 2.19 bits per heavy atom. The van der Waals surface area contributed by atoms with Gasteiger partial charge >= 0.3 is 138 Å². The summed E-state index contributed by atoms with van der Waals surface area (Å²) in [5, 5.41) is 8.32. The second-order valence-electron chi connectivity index (χ2n) is 10.00. The molecule has 1 unspecified atom stereocenters. The van der Waals surface area contributed by atoms with Crippen LogP contribution in [0.25, 0.3) is 0 Å². The zero-order chi connectivity index (χ0) is 16.1. The summed E-state index contributed by atoms with van der Waals surface area (Å²) in [6.07, 6.45) is 8.31. The van der Waals surface area contributed by atoms with Crippen molar-refractivity contribution >= 4 is 8.07 Å². The molecule has 2 rings (SSSR count). The SMILES string of the molecule is CC(C)(C)[Si](C)(C)CC1[C]([Ti]([CH3])([CH3])[CH3])=CC2=C1CCCC2. The van der Waals surface area contributed by atoms with Gasteiger partial charge in [0.15, 0.2) is 0 Å². The third-order valence-electron chi connectivity index (χ3n) is 6.29. The Balaban J connectivity index is 2.34. The summed E-state index contributed by atoms with van der Waals surface area (Å²) in [4.78, 5) is 0. The molecular weight excluding hydrogens is 304 g/mol. The molecule has 0 nitrogen and oxygen atoms in total. The molecule has 0 saturated heterocycles. The minimum atomic E-state index is -1.72. The Bertz CT molecular complexity index is 469. The minimum absolute atomic E-state index is 0.515. The molecule has 0 aromatic carbocycles. The molecule has 1 atom stereocenters. The van der Waals surface area contributed by atoms with E-state index in [2.05, 4.69) is 55.6 Å². The number of rotatable bonds is 3. The first-order valence-electron chi connectivity index (χ1n) is 8.87. The second kappa shape index (κ2) is 5.80. The second-order valence-corrected chi connectivity index (χ2v) is 23.6. The molecule has 2 heteroatoms. The van der Waals surface area contributed by atoms with Crippen molar-refractivity contribution in [3.8, 4) is 0 Å². The molecule has 0 N–H and O–H groups in total. The van der Waals surface area contributed by atoms with Crippen LogP contribution in [0.4, 0.5) is 0 Å². The summed E-state index contributed by atoms with van der Waals surface area (Å²) < 4.78 is 1.92. The molecule has 0 aromatic heterocycles. The summed E-state index contributed by atoms with van der Waals surface area (Å²) in [7, 11) is -1.21. The summed E-state index contributed by atoms with van der Waals surface area (Å²) in [6, 6.07) is 1.49. The maximum atomic E-state index is 2.69. The third kappa shape index (κ3) is 3.67. The van der Waals surface area contributed by atoms with Crippen LogP contribution in [0.3, 0.4) is 0 Å². The van der Waals surface area contributed by atoms with Gasteiger partial charge in [0.05, 0.1) is 0 Å². The van der Waals surface area contributed by atoms with E-state index in [1.54, 1.807) is 5.57 Å². The standard InChI is InChI=1S/C16H27Si.3CH3.Ti/c1-16(2,3)17(4,5)12-14-11-10-13-8-6-7-9-15(13)14;;;;/h10,14H,6-9,12H2,1-5H3;3*1H3;. The average Bonchev–Trinajstić information content (AvgIpc) is 2.66. The first kappa shape index (κ1) is 17.8. The van der Waals surface area contributed by atoms with Gasteiger partial charge in [-0.1, -0.05) is 0 Å². The summed E-state index contributed by atoms with van der Waals surface area (Å²) >= 11 is -1.72. The molecule has 0 heterocycles. The fraction of sp³-hybridized carbons (Fsp3) is 0.789. The van der Waals surface area contributed by atoms with Gasteiger partial charge in [0.25, 0.3) is 0 Å². The monoisotopic (exact) mass is 340 g/mol. The first-order chi connectivity index (χ1) is 9.43. The van der Waals surface area contributed by atoms with E-state index >= 15 is 0 Å². The molecule has 0 bridgehead atoms. The van der Waals surface area contributed by atoms with Crippen LogP contribution in [0, 0.1) is 5.92 Å². The molecule has 2 aliphatic rings. The van der Waals surface area contributed by atoms with Crippen molar-refractivity contribution in [1.29, 1.82) is 0 Å². The Kier molecular flexibility index (Phi) is 4.91. The van der Waals surface area contributed by atoms with Crippen LogP contribution in [0.2, 0.25) is 39.9 Å². The molecular formula is C19H36SiTi. The number of hydrogen-bond donors (Lipinski definition) is 0. The molecule has 2 aliphatic carbocycles. The van der Waals surface area contributed by atoms with Crippen molar-refractivity contribution in [3.05, 3.63) is 21.1 Å². The normalized spacial score (nSPS) is 24.2. The first-order valence-corrected chi connectivity index (χ1v) is 17.5. The van der Waals surface area contributed by atoms with Crippen molar-refractivity contribution in [2.24, 2.45) is 5.92 Å². The third-order valence-corrected chi connectivity index (χ3v) is 15.3. The fourth-order valence-electron chi connectivity index (χ4n) is 3.78. The molecule has 0 saturated carbocycles. The van der Waals surface area contributed by atoms with Crippen LogP contribution in [-0.4, -0.2) is 8.07 Å². The van der Waals surface area contributed by atoms with E-state index in [4.69, 9.17) is 0 Å². The molecule has 0 spiro atoms. The quantitative estimate of drug-likeness (QED) is 0.477. The van der Waals surface area contributed by atoms with Crippen molar-refractivity contribution in [2.45, 2.75) is 86.3 Å². The van der Waals surface area contributed by atoms with Gasteiger partial charge in [0.1, 0.15) is 0 Å². The van der Waals surface area contributed by atoms with E-state index in [1.165, 1.54) is 31.7 Å². The average molecular weight is 340 g/mol. The Morgan fingerprint density at radius 2 is 1.67 bits per heavy atom. The number of hydrogen-bond acceptors (Lipinski definition) is 0. The maximum absolute atomic E-state index is 2.69. The zero-order valence-corrected chi connectivity index (χ0v) is 18.3. The van der Waals surface area contributed by atoms with E-state index in [1.807, 2.05) is 9.45 Å². The van der Waals surface area contributed by atoms with Crippen molar-refractivity contribution in [3.63, 3.8) is 0 Å². The topological polar surface area (TPSA) is 0 Å². The van der Waals surface area contributed by atoms with Crippen LogP contribution in [0.1, 0.15) is 46.5 Å². The van der Waals surface area contributed by atoms with Gasteiger partial charge in [0.2, 0.25) is 0 Å². The Hall–Kier alpha value is 0.411. The van der Waals surface area contributed by atoms with E-state index in [0.717, 1.165) is 5.92 Å². The number of allylic oxidation sites excluding steroid dienone is 4. The van der Waals surface area contributed by atoms with Crippen molar-refractivity contribution < 1.29 is 16.6 Å². The van der Waals surface area contributed by atoms with Gasteiger partial charge in [-0.25, -0.2) is 0 Å². The fourth-order valence-corrected chi connectivity index (χ4v) is 9.21. The van der Waals surface area contributed by atoms with Crippen LogP contribution >= 0.6 is 0 Å². The summed E-state index contributed by atoms with van der Waals surface area (Å²) in [5.41, 5.74) is 3.64. The van der Waals surface area contributed by atoms with Crippen molar-refractivity contribution in [1.82, 2.24) is 0 Å². The molecule has 120 valence electrons. The molecule has 0 amide bonds. The van der Waals surface area contributed by atoms with Gasteiger partial charge in [-0.3, -0.25) is 0 Å². The summed E-state index contributed by atoms with van der Waals surface area (Å²) in [5.74, 6) is 0.848. The van der Waals surface area contributed by atoms with E-state index in [0.29, 0.717) is 5.04 Å². The van der Waals surface area contributed by atoms with Crippen LogP contribution < -0.4 is 0 Å². The predicted octanol–water partition coefficient (Wildman–Crippen LogP) is 7.18. The van der Waals surface area contributed by atoms with Gasteiger partial charge < -0.3 is 0 Å². The van der Waals surface area contributed by atoms with E-state index in [-0.39, 0.29) is 0 Å². The summed E-state index contributed by atoms with van der Waals surface area (Å²) in [6.45, 7) is 12.7. The molecule has 21 heavy (non-hydrogen) atoms.